The number of carbonyl (C=O) groups excluding carboxylic acids is 2. The van der Waals surface area contributed by atoms with E-state index in [1.54, 1.807) is 32.4 Å². The Bertz CT molecular complexity index is 1060. The topological polar surface area (TPSA) is 59.1 Å². The average Bonchev–Trinajstić information content (AvgIpc) is 2.92. The fraction of sp³-hybridized carbons (Fsp3) is 0.310. The maximum absolute atomic E-state index is 13.6. The monoisotopic (exact) mass is 472 g/mol. The molecule has 0 unspecified atom stereocenters. The van der Waals surface area contributed by atoms with E-state index in [0.717, 1.165) is 11.1 Å². The van der Waals surface area contributed by atoms with Crippen LogP contribution in [-0.2, 0) is 17.9 Å². The molecule has 0 saturated carbocycles. The second kappa shape index (κ2) is 11.6. The van der Waals surface area contributed by atoms with E-state index >= 15 is 0 Å². The standard InChI is InChI=1S/C29H32N2O4/c1-34-26-17-25(18-27(19-26)35-2)29(33)30-15-13-24(14-16-30)28(32)31(20-22-9-5-3-6-10-22)21-23-11-7-4-8-12-23/h3-12,17-19,24H,13-16,20-21H2,1-2H3. The average molecular weight is 473 g/mol. The number of amides is 2. The van der Waals surface area contributed by atoms with Gasteiger partial charge in [-0.25, -0.2) is 0 Å². The van der Waals surface area contributed by atoms with Gasteiger partial charge in [0.2, 0.25) is 5.91 Å². The molecule has 6 nitrogen and oxygen atoms in total. The number of methoxy groups -OCH3 is 2. The molecule has 0 N–H and O–H groups in total. The van der Waals surface area contributed by atoms with Gasteiger partial charge in [0.15, 0.2) is 0 Å². The van der Waals surface area contributed by atoms with Gasteiger partial charge in [0, 0.05) is 43.7 Å². The van der Waals surface area contributed by atoms with Crippen LogP contribution in [0.5, 0.6) is 11.5 Å². The summed E-state index contributed by atoms with van der Waals surface area (Å²) < 4.78 is 10.6. The van der Waals surface area contributed by atoms with Crippen LogP contribution in [0.2, 0.25) is 0 Å². The molecule has 0 radical (unpaired) electrons. The Morgan fingerprint density at radius 2 is 1.29 bits per heavy atom. The third-order valence-corrected chi connectivity index (χ3v) is 6.47. The number of piperidine rings is 1. The molecule has 182 valence electrons. The molecule has 3 aromatic carbocycles. The summed E-state index contributed by atoms with van der Waals surface area (Å²) in [4.78, 5) is 30.5. The molecule has 0 atom stereocenters. The van der Waals surface area contributed by atoms with E-state index in [1.165, 1.54) is 0 Å². The van der Waals surface area contributed by atoms with Gasteiger partial charge in [-0.15, -0.1) is 0 Å². The van der Waals surface area contributed by atoms with E-state index in [-0.39, 0.29) is 17.7 Å². The minimum absolute atomic E-state index is 0.0708. The molecular formula is C29H32N2O4. The SMILES string of the molecule is COc1cc(OC)cc(C(=O)N2CCC(C(=O)N(Cc3ccccc3)Cc3ccccc3)CC2)c1. The summed E-state index contributed by atoms with van der Waals surface area (Å²) in [5.74, 6) is 1.13. The molecule has 6 heteroatoms. The summed E-state index contributed by atoms with van der Waals surface area (Å²) in [5.41, 5.74) is 2.74. The van der Waals surface area contributed by atoms with Crippen molar-refractivity contribution < 1.29 is 19.1 Å². The van der Waals surface area contributed by atoms with Gasteiger partial charge in [0.1, 0.15) is 11.5 Å². The van der Waals surface area contributed by atoms with Crippen LogP contribution < -0.4 is 9.47 Å². The van der Waals surface area contributed by atoms with Gasteiger partial charge in [-0.1, -0.05) is 60.7 Å². The molecule has 0 aliphatic carbocycles. The molecule has 1 aliphatic rings. The van der Waals surface area contributed by atoms with Crippen molar-refractivity contribution in [1.82, 2.24) is 9.80 Å². The summed E-state index contributed by atoms with van der Waals surface area (Å²) in [6.07, 6.45) is 1.29. The van der Waals surface area contributed by atoms with E-state index in [1.807, 2.05) is 46.2 Å². The third-order valence-electron chi connectivity index (χ3n) is 6.47. The fourth-order valence-electron chi connectivity index (χ4n) is 4.52. The highest BCUT2D eigenvalue weighted by atomic mass is 16.5. The zero-order chi connectivity index (χ0) is 24.6. The van der Waals surface area contributed by atoms with Crippen LogP contribution in [0.1, 0.15) is 34.3 Å². The first-order valence-electron chi connectivity index (χ1n) is 12.0. The van der Waals surface area contributed by atoms with Crippen LogP contribution in [0, 0.1) is 5.92 Å². The van der Waals surface area contributed by atoms with Crippen molar-refractivity contribution in [2.45, 2.75) is 25.9 Å². The Hall–Kier alpha value is -3.80. The second-order valence-corrected chi connectivity index (χ2v) is 8.83. The number of ether oxygens (including phenoxy) is 2. The summed E-state index contributed by atoms with van der Waals surface area (Å²) in [5, 5.41) is 0. The molecule has 0 aromatic heterocycles. The summed E-state index contributed by atoms with van der Waals surface area (Å²) in [6, 6.07) is 25.4. The first kappa shape index (κ1) is 24.3. The maximum Gasteiger partial charge on any atom is 0.254 e. The number of benzene rings is 3. The van der Waals surface area contributed by atoms with Crippen LogP contribution in [0.3, 0.4) is 0 Å². The van der Waals surface area contributed by atoms with Crippen LogP contribution >= 0.6 is 0 Å². The lowest BCUT2D eigenvalue weighted by molar-refractivity contribution is -0.138. The van der Waals surface area contributed by atoms with Crippen molar-refractivity contribution in [3.05, 3.63) is 95.6 Å². The summed E-state index contributed by atoms with van der Waals surface area (Å²) >= 11 is 0. The quantitative estimate of drug-likeness (QED) is 0.473. The molecular weight excluding hydrogens is 440 g/mol. The molecule has 0 bridgehead atoms. The molecule has 4 rings (SSSR count). The lowest BCUT2D eigenvalue weighted by Gasteiger charge is -2.34. The molecule has 1 heterocycles. The fourth-order valence-corrected chi connectivity index (χ4v) is 4.52. The van der Waals surface area contributed by atoms with Crippen LogP contribution in [0.15, 0.2) is 78.9 Å². The van der Waals surface area contributed by atoms with Crippen LogP contribution in [0.25, 0.3) is 0 Å². The molecule has 35 heavy (non-hydrogen) atoms. The number of rotatable bonds is 8. The molecule has 1 fully saturated rings. The number of nitrogens with zero attached hydrogens (tertiary/aromatic N) is 2. The van der Waals surface area contributed by atoms with Crippen LogP contribution in [0.4, 0.5) is 0 Å². The van der Waals surface area contributed by atoms with Crippen LogP contribution in [-0.4, -0.2) is 48.9 Å². The highest BCUT2D eigenvalue weighted by molar-refractivity contribution is 5.95. The Morgan fingerprint density at radius 1 is 0.800 bits per heavy atom. The van der Waals surface area contributed by atoms with E-state index in [2.05, 4.69) is 24.3 Å². The van der Waals surface area contributed by atoms with E-state index in [9.17, 15) is 9.59 Å². The van der Waals surface area contributed by atoms with Crippen molar-refractivity contribution in [2.24, 2.45) is 5.92 Å². The first-order valence-corrected chi connectivity index (χ1v) is 12.0. The normalized spacial score (nSPS) is 13.8. The van der Waals surface area contributed by atoms with Gasteiger partial charge in [-0.3, -0.25) is 9.59 Å². The largest absolute Gasteiger partial charge is 0.497 e. The van der Waals surface area contributed by atoms with Crippen molar-refractivity contribution in [1.29, 1.82) is 0 Å². The van der Waals surface area contributed by atoms with Crippen molar-refractivity contribution >= 4 is 11.8 Å². The summed E-state index contributed by atoms with van der Waals surface area (Å²) in [7, 11) is 3.13. The number of carbonyl (C=O) groups is 2. The van der Waals surface area contributed by atoms with Crippen molar-refractivity contribution in [3.63, 3.8) is 0 Å². The lowest BCUT2D eigenvalue weighted by Crippen LogP contribution is -2.44. The molecule has 2 amide bonds. The Labute approximate surface area is 207 Å². The van der Waals surface area contributed by atoms with Gasteiger partial charge in [-0.2, -0.15) is 0 Å². The van der Waals surface area contributed by atoms with Gasteiger partial charge < -0.3 is 19.3 Å². The van der Waals surface area contributed by atoms with E-state index < -0.39 is 0 Å². The molecule has 3 aromatic rings. The van der Waals surface area contributed by atoms with E-state index in [4.69, 9.17) is 9.47 Å². The molecule has 0 spiro atoms. The highest BCUT2D eigenvalue weighted by Gasteiger charge is 2.31. The lowest BCUT2D eigenvalue weighted by atomic mass is 9.94. The predicted molar refractivity (Wildman–Crippen MR) is 135 cm³/mol. The number of hydrogen-bond donors (Lipinski definition) is 0. The highest BCUT2D eigenvalue weighted by Crippen LogP contribution is 2.27. The zero-order valence-electron chi connectivity index (χ0n) is 20.4. The Balaban J connectivity index is 1.43. The van der Waals surface area contributed by atoms with Gasteiger partial charge >= 0.3 is 0 Å². The van der Waals surface area contributed by atoms with Gasteiger partial charge in [-0.05, 0) is 36.1 Å². The Morgan fingerprint density at radius 3 is 1.74 bits per heavy atom. The predicted octanol–water partition coefficient (Wildman–Crippen LogP) is 4.79. The molecule has 1 saturated heterocycles. The van der Waals surface area contributed by atoms with Gasteiger partial charge in [0.05, 0.1) is 14.2 Å². The smallest absolute Gasteiger partial charge is 0.254 e. The van der Waals surface area contributed by atoms with Crippen molar-refractivity contribution in [3.8, 4) is 11.5 Å². The van der Waals surface area contributed by atoms with E-state index in [0.29, 0.717) is 56.1 Å². The maximum atomic E-state index is 13.6. The van der Waals surface area contributed by atoms with Crippen molar-refractivity contribution in [2.75, 3.05) is 27.3 Å². The van der Waals surface area contributed by atoms with Gasteiger partial charge in [0.25, 0.3) is 5.91 Å². The number of hydrogen-bond acceptors (Lipinski definition) is 4. The number of likely N-dealkylation sites (tertiary alicyclic amines) is 1. The zero-order valence-corrected chi connectivity index (χ0v) is 20.4. The summed E-state index contributed by atoms with van der Waals surface area (Å²) in [6.45, 7) is 2.22. The third kappa shape index (κ3) is 6.21. The minimum atomic E-state index is -0.105. The second-order valence-electron chi connectivity index (χ2n) is 8.83. The molecule has 1 aliphatic heterocycles. The Kier molecular flexibility index (Phi) is 8.03. The first-order chi connectivity index (χ1) is 17.1. The minimum Gasteiger partial charge on any atom is -0.497 e.